The molecular weight excluding hydrogens is 356 g/mol. The van der Waals surface area contributed by atoms with Crippen LogP contribution < -0.4 is 5.84 Å². The number of carbonyl (C=O) groups excluding carboxylic acids is 1. The van der Waals surface area contributed by atoms with E-state index in [9.17, 15) is 4.79 Å². The number of oxazole rings is 1. The Morgan fingerprint density at radius 1 is 1.18 bits per heavy atom. The zero-order valence-electron chi connectivity index (χ0n) is 15.0. The van der Waals surface area contributed by atoms with Crippen LogP contribution in [-0.2, 0) is 6.54 Å². The summed E-state index contributed by atoms with van der Waals surface area (Å²) in [6, 6.07) is 10.9. The summed E-state index contributed by atoms with van der Waals surface area (Å²) in [5, 5.41) is 9.90. The maximum absolute atomic E-state index is 12.9. The van der Waals surface area contributed by atoms with Gasteiger partial charge in [-0.25, -0.2) is 10.8 Å². The number of aromatic amines is 1. The number of H-pyrrole nitrogens is 1. The molecular formula is C20H16N6O2. The summed E-state index contributed by atoms with van der Waals surface area (Å²) in [6.45, 7) is 2.05. The van der Waals surface area contributed by atoms with E-state index in [0.29, 0.717) is 17.0 Å². The lowest BCUT2D eigenvalue weighted by molar-refractivity contribution is 0.0743. The van der Waals surface area contributed by atoms with Gasteiger partial charge in [0.1, 0.15) is 5.52 Å². The first-order valence-electron chi connectivity index (χ1n) is 8.73. The van der Waals surface area contributed by atoms with Gasteiger partial charge < -0.3 is 4.42 Å². The summed E-state index contributed by atoms with van der Waals surface area (Å²) in [4.78, 5) is 21.6. The van der Waals surface area contributed by atoms with Crippen molar-refractivity contribution in [3.05, 3.63) is 65.8 Å². The number of nitrogens with one attached hydrogen (secondary N) is 1. The topological polar surface area (TPSA) is 114 Å². The molecule has 0 unspecified atom stereocenters. The van der Waals surface area contributed by atoms with Gasteiger partial charge in [-0.15, -0.1) is 0 Å². The Bertz CT molecular complexity index is 1350. The molecule has 5 aromatic rings. The Morgan fingerprint density at radius 2 is 2.07 bits per heavy atom. The van der Waals surface area contributed by atoms with E-state index < -0.39 is 0 Å². The van der Waals surface area contributed by atoms with Gasteiger partial charge >= 0.3 is 0 Å². The SMILES string of the molecule is Cc1nc2cc(CN(N)C(=O)c3ccc4ncc5cn[nH]c5c4c3)ccc2o1. The number of pyridine rings is 1. The number of amides is 1. The number of aryl methyl sites for hydroxylation is 1. The van der Waals surface area contributed by atoms with E-state index >= 15 is 0 Å². The second-order valence-electron chi connectivity index (χ2n) is 6.66. The van der Waals surface area contributed by atoms with Crippen molar-refractivity contribution in [2.24, 2.45) is 5.84 Å². The smallest absolute Gasteiger partial charge is 0.268 e. The maximum atomic E-state index is 12.9. The van der Waals surface area contributed by atoms with Crippen molar-refractivity contribution >= 4 is 38.8 Å². The molecule has 0 spiro atoms. The minimum atomic E-state index is -0.283. The first kappa shape index (κ1) is 16.4. The second kappa shape index (κ2) is 6.14. The highest BCUT2D eigenvalue weighted by Crippen LogP contribution is 2.23. The number of nitrogens with zero attached hydrogens (tertiary/aromatic N) is 4. The fourth-order valence-electron chi connectivity index (χ4n) is 3.35. The van der Waals surface area contributed by atoms with Crippen LogP contribution in [0.15, 0.2) is 53.2 Å². The predicted molar refractivity (Wildman–Crippen MR) is 104 cm³/mol. The van der Waals surface area contributed by atoms with Gasteiger partial charge in [-0.3, -0.25) is 19.9 Å². The molecule has 0 aliphatic carbocycles. The van der Waals surface area contributed by atoms with Crippen LogP contribution in [0.5, 0.6) is 0 Å². The summed E-state index contributed by atoms with van der Waals surface area (Å²) in [5.74, 6) is 6.39. The molecule has 3 aromatic heterocycles. The second-order valence-corrected chi connectivity index (χ2v) is 6.66. The third kappa shape index (κ3) is 2.67. The van der Waals surface area contributed by atoms with Gasteiger partial charge in [-0.05, 0) is 35.9 Å². The lowest BCUT2D eigenvalue weighted by Crippen LogP contribution is -2.36. The van der Waals surface area contributed by atoms with E-state index in [1.54, 1.807) is 37.5 Å². The van der Waals surface area contributed by atoms with Crippen LogP contribution in [0.1, 0.15) is 21.8 Å². The van der Waals surface area contributed by atoms with E-state index in [-0.39, 0.29) is 12.5 Å². The van der Waals surface area contributed by atoms with Crippen LogP contribution in [0.4, 0.5) is 0 Å². The molecule has 5 rings (SSSR count). The average molecular weight is 372 g/mol. The fourth-order valence-corrected chi connectivity index (χ4v) is 3.35. The minimum absolute atomic E-state index is 0.255. The van der Waals surface area contributed by atoms with Gasteiger partial charge in [0.2, 0.25) is 0 Å². The third-order valence-electron chi connectivity index (χ3n) is 4.70. The van der Waals surface area contributed by atoms with Crippen molar-refractivity contribution in [1.82, 2.24) is 25.2 Å². The highest BCUT2D eigenvalue weighted by atomic mass is 16.3. The van der Waals surface area contributed by atoms with Crippen LogP contribution in [-0.4, -0.2) is 31.1 Å². The minimum Gasteiger partial charge on any atom is -0.441 e. The first-order chi connectivity index (χ1) is 13.6. The van der Waals surface area contributed by atoms with Gasteiger partial charge in [-0.1, -0.05) is 6.07 Å². The zero-order chi connectivity index (χ0) is 19.3. The van der Waals surface area contributed by atoms with Crippen LogP contribution in [0, 0.1) is 6.92 Å². The molecule has 0 atom stereocenters. The summed E-state index contributed by atoms with van der Waals surface area (Å²) in [7, 11) is 0. The summed E-state index contributed by atoms with van der Waals surface area (Å²) >= 11 is 0. The maximum Gasteiger partial charge on any atom is 0.268 e. The lowest BCUT2D eigenvalue weighted by Gasteiger charge is -2.17. The summed E-state index contributed by atoms with van der Waals surface area (Å²) < 4.78 is 5.48. The average Bonchev–Trinajstić information content (AvgIpc) is 3.32. The molecule has 28 heavy (non-hydrogen) atoms. The van der Waals surface area contributed by atoms with Crippen LogP contribution >= 0.6 is 0 Å². The molecule has 0 fully saturated rings. The molecule has 0 aliphatic heterocycles. The van der Waals surface area contributed by atoms with Crippen molar-refractivity contribution < 1.29 is 9.21 Å². The van der Waals surface area contributed by atoms with E-state index in [1.165, 1.54) is 5.01 Å². The number of benzene rings is 2. The molecule has 8 nitrogen and oxygen atoms in total. The zero-order valence-corrected chi connectivity index (χ0v) is 15.0. The number of fused-ring (bicyclic) bond motifs is 4. The standard InChI is InChI=1S/C20H16N6O2/c1-11-24-17-6-12(2-5-18(17)28-11)10-26(21)20(27)13-3-4-16-15(7-13)19-14(8-22-16)9-23-25-19/h2-9H,10,21H2,1H3,(H,23,25). The molecule has 0 saturated heterocycles. The van der Waals surface area contributed by atoms with E-state index in [0.717, 1.165) is 32.9 Å². The normalized spacial score (nSPS) is 11.5. The summed E-state index contributed by atoms with van der Waals surface area (Å²) in [5.41, 5.74) is 4.43. The largest absolute Gasteiger partial charge is 0.441 e. The van der Waals surface area contributed by atoms with E-state index in [4.69, 9.17) is 10.3 Å². The van der Waals surface area contributed by atoms with Crippen molar-refractivity contribution in [3.8, 4) is 0 Å². The van der Waals surface area contributed by atoms with E-state index in [1.807, 2.05) is 18.2 Å². The van der Waals surface area contributed by atoms with Crippen LogP contribution in [0.2, 0.25) is 0 Å². The summed E-state index contributed by atoms with van der Waals surface area (Å²) in [6.07, 6.45) is 3.45. The van der Waals surface area contributed by atoms with Crippen molar-refractivity contribution in [3.63, 3.8) is 0 Å². The number of carbonyl (C=O) groups is 1. The lowest BCUT2D eigenvalue weighted by atomic mass is 10.1. The Morgan fingerprint density at radius 3 is 2.96 bits per heavy atom. The van der Waals surface area contributed by atoms with Crippen LogP contribution in [0.3, 0.4) is 0 Å². The number of hydrogen-bond donors (Lipinski definition) is 2. The first-order valence-corrected chi connectivity index (χ1v) is 8.73. The quantitative estimate of drug-likeness (QED) is 0.286. The fraction of sp³-hybridized carbons (Fsp3) is 0.100. The van der Waals surface area contributed by atoms with Gasteiger partial charge in [0.05, 0.1) is 23.8 Å². The Labute approximate surface area is 158 Å². The predicted octanol–water partition coefficient (Wildman–Crippen LogP) is 3.08. The molecule has 1 amide bonds. The molecule has 0 bridgehead atoms. The molecule has 0 aliphatic rings. The van der Waals surface area contributed by atoms with Gasteiger partial charge in [0, 0.05) is 29.5 Å². The Hall–Kier alpha value is -3.78. The molecule has 0 saturated carbocycles. The number of hydrazine groups is 1. The van der Waals surface area contributed by atoms with Gasteiger partial charge in [-0.2, -0.15) is 5.10 Å². The third-order valence-corrected chi connectivity index (χ3v) is 4.70. The molecule has 3 heterocycles. The number of rotatable bonds is 3. The Kier molecular flexibility index (Phi) is 3.59. The van der Waals surface area contributed by atoms with Crippen molar-refractivity contribution in [1.29, 1.82) is 0 Å². The number of aromatic nitrogens is 4. The molecule has 0 radical (unpaired) electrons. The van der Waals surface area contributed by atoms with Gasteiger partial charge in [0.25, 0.3) is 5.91 Å². The monoisotopic (exact) mass is 372 g/mol. The van der Waals surface area contributed by atoms with Crippen molar-refractivity contribution in [2.75, 3.05) is 0 Å². The van der Waals surface area contributed by atoms with Crippen LogP contribution in [0.25, 0.3) is 32.9 Å². The Balaban J connectivity index is 1.45. The molecule has 3 N–H and O–H groups in total. The van der Waals surface area contributed by atoms with Crippen molar-refractivity contribution in [2.45, 2.75) is 13.5 Å². The molecule has 138 valence electrons. The highest BCUT2D eigenvalue weighted by Gasteiger charge is 2.15. The molecule has 2 aromatic carbocycles. The number of hydrogen-bond acceptors (Lipinski definition) is 6. The molecule has 8 heteroatoms. The number of nitrogens with two attached hydrogens (primary N) is 1. The highest BCUT2D eigenvalue weighted by molar-refractivity contribution is 6.06. The van der Waals surface area contributed by atoms with E-state index in [2.05, 4.69) is 20.2 Å². The van der Waals surface area contributed by atoms with Gasteiger partial charge in [0.15, 0.2) is 11.5 Å².